The number of rotatable bonds is 4. The van der Waals surface area contributed by atoms with Crippen LogP contribution in [-0.2, 0) is 11.2 Å². The maximum Gasteiger partial charge on any atom is 0.225 e. The molecule has 0 aliphatic rings. The molecular formula is C18H17NOS. The molecule has 0 fully saturated rings. The molecular weight excluding hydrogens is 278 g/mol. The molecule has 3 rings (SSSR count). The molecule has 0 saturated heterocycles. The first kappa shape index (κ1) is 13.8. The molecule has 1 unspecified atom stereocenters. The van der Waals surface area contributed by atoms with Gasteiger partial charge in [-0.25, -0.2) is 0 Å². The topological polar surface area (TPSA) is 29.1 Å². The van der Waals surface area contributed by atoms with Gasteiger partial charge in [0.05, 0.1) is 12.5 Å². The van der Waals surface area contributed by atoms with Gasteiger partial charge < -0.3 is 5.32 Å². The van der Waals surface area contributed by atoms with Gasteiger partial charge in [0.1, 0.15) is 0 Å². The summed E-state index contributed by atoms with van der Waals surface area (Å²) in [7, 11) is 0. The SMILES string of the molecule is CC(NC(=O)Cc1cccs1)c1cccc2ccccc12. The maximum absolute atomic E-state index is 12.1. The molecule has 1 atom stereocenters. The summed E-state index contributed by atoms with van der Waals surface area (Å²) in [6.07, 6.45) is 0.451. The number of carbonyl (C=O) groups is 1. The van der Waals surface area contributed by atoms with E-state index in [1.165, 1.54) is 10.8 Å². The summed E-state index contributed by atoms with van der Waals surface area (Å²) in [5.41, 5.74) is 1.16. The van der Waals surface area contributed by atoms with Gasteiger partial charge >= 0.3 is 0 Å². The van der Waals surface area contributed by atoms with Crippen molar-refractivity contribution in [3.63, 3.8) is 0 Å². The standard InChI is InChI=1S/C18H17NOS/c1-13(19-18(20)12-15-8-5-11-21-15)16-10-4-7-14-6-2-3-9-17(14)16/h2-11,13H,12H2,1H3,(H,19,20). The largest absolute Gasteiger partial charge is 0.349 e. The van der Waals surface area contributed by atoms with Crippen molar-refractivity contribution in [3.05, 3.63) is 70.4 Å². The molecule has 0 spiro atoms. The highest BCUT2D eigenvalue weighted by Gasteiger charge is 2.12. The zero-order valence-electron chi connectivity index (χ0n) is 11.9. The molecule has 1 N–H and O–H groups in total. The Bertz CT molecular complexity index is 744. The van der Waals surface area contributed by atoms with Crippen LogP contribution in [0.15, 0.2) is 60.0 Å². The number of nitrogens with one attached hydrogen (secondary N) is 1. The van der Waals surface area contributed by atoms with E-state index in [4.69, 9.17) is 0 Å². The first-order valence-corrected chi connectivity index (χ1v) is 7.91. The smallest absolute Gasteiger partial charge is 0.225 e. The van der Waals surface area contributed by atoms with Crippen molar-refractivity contribution in [1.82, 2.24) is 5.32 Å². The average Bonchev–Trinajstić information content (AvgIpc) is 2.99. The zero-order valence-corrected chi connectivity index (χ0v) is 12.7. The van der Waals surface area contributed by atoms with E-state index in [1.54, 1.807) is 11.3 Å². The third-order valence-corrected chi connectivity index (χ3v) is 4.46. The summed E-state index contributed by atoms with van der Waals surface area (Å²) in [6, 6.07) is 18.5. The quantitative estimate of drug-likeness (QED) is 0.763. The Labute approximate surface area is 128 Å². The Morgan fingerprint density at radius 1 is 1.10 bits per heavy atom. The van der Waals surface area contributed by atoms with Crippen LogP contribution in [0.3, 0.4) is 0 Å². The Morgan fingerprint density at radius 3 is 2.71 bits per heavy atom. The predicted molar refractivity (Wildman–Crippen MR) is 88.5 cm³/mol. The van der Waals surface area contributed by atoms with E-state index < -0.39 is 0 Å². The molecule has 2 nitrogen and oxygen atoms in total. The second-order valence-corrected chi connectivity index (χ2v) is 6.15. The highest BCUT2D eigenvalue weighted by atomic mass is 32.1. The summed E-state index contributed by atoms with van der Waals surface area (Å²) in [6.45, 7) is 2.04. The van der Waals surface area contributed by atoms with Crippen LogP contribution < -0.4 is 5.32 Å². The van der Waals surface area contributed by atoms with E-state index in [0.717, 1.165) is 10.4 Å². The van der Waals surface area contributed by atoms with Gasteiger partial charge in [0.25, 0.3) is 0 Å². The number of hydrogen-bond donors (Lipinski definition) is 1. The Kier molecular flexibility index (Phi) is 4.02. The third-order valence-electron chi connectivity index (χ3n) is 3.58. The number of carbonyl (C=O) groups excluding carboxylic acids is 1. The van der Waals surface area contributed by atoms with Crippen LogP contribution in [0, 0.1) is 0 Å². The van der Waals surface area contributed by atoms with E-state index >= 15 is 0 Å². The molecule has 0 aliphatic heterocycles. The fourth-order valence-corrected chi connectivity index (χ4v) is 3.27. The van der Waals surface area contributed by atoms with E-state index in [1.807, 2.05) is 42.6 Å². The van der Waals surface area contributed by atoms with E-state index in [0.29, 0.717) is 6.42 Å². The molecule has 1 amide bonds. The molecule has 0 bridgehead atoms. The van der Waals surface area contributed by atoms with Crippen molar-refractivity contribution >= 4 is 28.0 Å². The Balaban J connectivity index is 1.77. The fourth-order valence-electron chi connectivity index (χ4n) is 2.57. The van der Waals surface area contributed by atoms with Crippen LogP contribution in [0.1, 0.15) is 23.4 Å². The van der Waals surface area contributed by atoms with E-state index in [2.05, 4.69) is 29.6 Å². The lowest BCUT2D eigenvalue weighted by Crippen LogP contribution is -2.27. The van der Waals surface area contributed by atoms with Crippen LogP contribution in [0.4, 0.5) is 0 Å². The molecule has 21 heavy (non-hydrogen) atoms. The highest BCUT2D eigenvalue weighted by Crippen LogP contribution is 2.24. The predicted octanol–water partition coefficient (Wildman–Crippen LogP) is 4.32. The lowest BCUT2D eigenvalue weighted by Gasteiger charge is -2.16. The monoisotopic (exact) mass is 295 g/mol. The normalized spacial score (nSPS) is 12.2. The van der Waals surface area contributed by atoms with E-state index in [9.17, 15) is 4.79 Å². The number of hydrogen-bond acceptors (Lipinski definition) is 2. The number of amides is 1. The molecule has 0 aliphatic carbocycles. The van der Waals surface area contributed by atoms with Gasteiger partial charge in [-0.3, -0.25) is 4.79 Å². The molecule has 3 aromatic rings. The highest BCUT2D eigenvalue weighted by molar-refractivity contribution is 7.10. The zero-order chi connectivity index (χ0) is 14.7. The fraction of sp³-hybridized carbons (Fsp3) is 0.167. The average molecular weight is 295 g/mol. The summed E-state index contributed by atoms with van der Waals surface area (Å²) in [5, 5.41) is 7.49. The molecule has 106 valence electrons. The lowest BCUT2D eigenvalue weighted by atomic mass is 9.99. The first-order valence-electron chi connectivity index (χ1n) is 7.03. The molecule has 0 saturated carbocycles. The molecule has 3 heteroatoms. The van der Waals surface area contributed by atoms with Crippen LogP contribution in [-0.4, -0.2) is 5.91 Å². The van der Waals surface area contributed by atoms with Crippen molar-refractivity contribution in [1.29, 1.82) is 0 Å². The van der Waals surface area contributed by atoms with Crippen molar-refractivity contribution in [3.8, 4) is 0 Å². The second-order valence-electron chi connectivity index (χ2n) is 5.11. The Hall–Kier alpha value is -2.13. The van der Waals surface area contributed by atoms with Crippen molar-refractivity contribution in [2.45, 2.75) is 19.4 Å². The number of fused-ring (bicyclic) bond motifs is 1. The van der Waals surface area contributed by atoms with Gasteiger partial charge in [0.2, 0.25) is 5.91 Å². The molecule has 0 radical (unpaired) electrons. The minimum absolute atomic E-state index is 0.00330. The van der Waals surface area contributed by atoms with Gasteiger partial charge in [0.15, 0.2) is 0 Å². The van der Waals surface area contributed by atoms with Gasteiger partial charge in [-0.1, -0.05) is 48.5 Å². The van der Waals surface area contributed by atoms with Crippen molar-refractivity contribution < 1.29 is 4.79 Å². The lowest BCUT2D eigenvalue weighted by molar-refractivity contribution is -0.121. The summed E-state index contributed by atoms with van der Waals surface area (Å²) < 4.78 is 0. The Morgan fingerprint density at radius 2 is 1.90 bits per heavy atom. The third kappa shape index (κ3) is 3.14. The van der Waals surface area contributed by atoms with Gasteiger partial charge in [-0.15, -0.1) is 11.3 Å². The first-order chi connectivity index (χ1) is 10.2. The summed E-state index contributed by atoms with van der Waals surface area (Å²) in [4.78, 5) is 13.2. The van der Waals surface area contributed by atoms with Crippen molar-refractivity contribution in [2.24, 2.45) is 0 Å². The van der Waals surface area contributed by atoms with Crippen LogP contribution >= 0.6 is 11.3 Å². The molecule has 2 aromatic carbocycles. The number of benzene rings is 2. The second kappa shape index (κ2) is 6.10. The minimum atomic E-state index is 0.00330. The van der Waals surface area contributed by atoms with Gasteiger partial charge in [0, 0.05) is 4.88 Å². The van der Waals surface area contributed by atoms with E-state index in [-0.39, 0.29) is 11.9 Å². The summed E-state index contributed by atoms with van der Waals surface area (Å²) >= 11 is 1.62. The number of thiophene rings is 1. The van der Waals surface area contributed by atoms with Crippen LogP contribution in [0.25, 0.3) is 10.8 Å². The van der Waals surface area contributed by atoms with Crippen LogP contribution in [0.5, 0.6) is 0 Å². The molecule has 1 heterocycles. The minimum Gasteiger partial charge on any atom is -0.349 e. The van der Waals surface area contributed by atoms with Gasteiger partial charge in [-0.2, -0.15) is 0 Å². The maximum atomic E-state index is 12.1. The van der Waals surface area contributed by atoms with Crippen LogP contribution in [0.2, 0.25) is 0 Å². The summed E-state index contributed by atoms with van der Waals surface area (Å²) in [5.74, 6) is 0.0675. The van der Waals surface area contributed by atoms with Crippen molar-refractivity contribution in [2.75, 3.05) is 0 Å². The molecule has 1 aromatic heterocycles. The van der Waals surface area contributed by atoms with Gasteiger partial charge in [-0.05, 0) is 34.7 Å².